The minimum absolute atomic E-state index is 0.202. The molecule has 2 saturated heterocycles. The van der Waals surface area contributed by atoms with Gasteiger partial charge in [-0.1, -0.05) is 0 Å². The topological polar surface area (TPSA) is 65.0 Å². The van der Waals surface area contributed by atoms with Crippen molar-refractivity contribution in [2.24, 2.45) is 11.8 Å². The van der Waals surface area contributed by atoms with Gasteiger partial charge in [-0.2, -0.15) is 0 Å². The Kier molecular flexibility index (Phi) is 3.43. The van der Waals surface area contributed by atoms with Crippen molar-refractivity contribution in [3.63, 3.8) is 0 Å². The summed E-state index contributed by atoms with van der Waals surface area (Å²) in [6.45, 7) is 2.62. The van der Waals surface area contributed by atoms with Crippen molar-refractivity contribution in [2.75, 3.05) is 26.4 Å². The van der Waals surface area contributed by atoms with E-state index in [1.165, 1.54) is 0 Å². The molecule has 0 bridgehead atoms. The Bertz CT molecular complexity index is 202. The fourth-order valence-corrected chi connectivity index (χ4v) is 2.32. The molecule has 5 heteroatoms. The van der Waals surface area contributed by atoms with Crippen molar-refractivity contribution >= 4 is 6.16 Å². The van der Waals surface area contributed by atoms with Crippen LogP contribution in [0.15, 0.2) is 0 Å². The Morgan fingerprint density at radius 1 is 1.20 bits per heavy atom. The summed E-state index contributed by atoms with van der Waals surface area (Å²) in [6, 6.07) is 0. The van der Waals surface area contributed by atoms with Crippen molar-refractivity contribution in [3.05, 3.63) is 0 Å². The molecule has 0 radical (unpaired) electrons. The highest BCUT2D eigenvalue weighted by atomic mass is 16.7. The average molecular weight is 216 g/mol. The maximum absolute atomic E-state index is 10.6. The Morgan fingerprint density at radius 3 is 2.07 bits per heavy atom. The number of ether oxygens (including phenoxy) is 3. The zero-order valence-electron chi connectivity index (χ0n) is 8.55. The molecule has 2 aliphatic heterocycles. The van der Waals surface area contributed by atoms with Crippen LogP contribution in [0.4, 0.5) is 4.79 Å². The lowest BCUT2D eigenvalue weighted by Crippen LogP contribution is -2.34. The molecule has 86 valence electrons. The van der Waals surface area contributed by atoms with E-state index in [4.69, 9.17) is 19.3 Å². The molecular weight excluding hydrogens is 200 g/mol. The maximum Gasteiger partial charge on any atom is 0.506 e. The smallest absolute Gasteiger partial charge is 0.450 e. The molecule has 15 heavy (non-hydrogen) atoms. The first-order valence-electron chi connectivity index (χ1n) is 5.32. The SMILES string of the molecule is O=C(O)OC(C1CCOC1)C1CCOC1. The summed E-state index contributed by atoms with van der Waals surface area (Å²) in [5.74, 6) is 0.403. The van der Waals surface area contributed by atoms with E-state index in [-0.39, 0.29) is 17.9 Å². The maximum atomic E-state index is 10.6. The van der Waals surface area contributed by atoms with E-state index in [2.05, 4.69) is 0 Å². The van der Waals surface area contributed by atoms with Crippen LogP contribution in [0.25, 0.3) is 0 Å². The highest BCUT2D eigenvalue weighted by molar-refractivity contribution is 5.57. The van der Waals surface area contributed by atoms with Gasteiger partial charge in [0, 0.05) is 25.0 Å². The average Bonchev–Trinajstić information content (AvgIpc) is 2.87. The normalized spacial score (nSPS) is 32.8. The molecule has 2 heterocycles. The van der Waals surface area contributed by atoms with Gasteiger partial charge < -0.3 is 19.3 Å². The summed E-state index contributed by atoms with van der Waals surface area (Å²) in [5.41, 5.74) is 0. The molecule has 2 fully saturated rings. The van der Waals surface area contributed by atoms with Crippen LogP contribution < -0.4 is 0 Å². The molecule has 2 aliphatic rings. The van der Waals surface area contributed by atoms with Crippen molar-refractivity contribution in [3.8, 4) is 0 Å². The van der Waals surface area contributed by atoms with Crippen molar-refractivity contribution in [1.82, 2.24) is 0 Å². The second-order valence-corrected chi connectivity index (χ2v) is 4.10. The van der Waals surface area contributed by atoms with E-state index in [0.29, 0.717) is 26.4 Å². The fraction of sp³-hybridized carbons (Fsp3) is 0.900. The summed E-state index contributed by atoms with van der Waals surface area (Å²) in [7, 11) is 0. The first-order valence-corrected chi connectivity index (χ1v) is 5.32. The monoisotopic (exact) mass is 216 g/mol. The van der Waals surface area contributed by atoms with Crippen molar-refractivity contribution < 1.29 is 24.1 Å². The van der Waals surface area contributed by atoms with Crippen LogP contribution in [0.1, 0.15) is 12.8 Å². The van der Waals surface area contributed by atoms with Gasteiger partial charge in [0.2, 0.25) is 0 Å². The highest BCUT2D eigenvalue weighted by Crippen LogP contribution is 2.29. The molecule has 2 unspecified atom stereocenters. The minimum atomic E-state index is -1.20. The van der Waals surface area contributed by atoms with Crippen LogP contribution in [-0.2, 0) is 14.2 Å². The molecule has 0 saturated carbocycles. The molecule has 0 aromatic rings. The number of rotatable bonds is 3. The first-order chi connectivity index (χ1) is 7.27. The third-order valence-corrected chi connectivity index (χ3v) is 3.10. The third kappa shape index (κ3) is 2.60. The van der Waals surface area contributed by atoms with Crippen LogP contribution >= 0.6 is 0 Å². The molecule has 0 aliphatic carbocycles. The van der Waals surface area contributed by atoms with E-state index in [1.54, 1.807) is 0 Å². The molecule has 1 N–H and O–H groups in total. The lowest BCUT2D eigenvalue weighted by molar-refractivity contribution is -0.0108. The second kappa shape index (κ2) is 4.81. The van der Waals surface area contributed by atoms with Crippen LogP contribution in [0, 0.1) is 11.8 Å². The van der Waals surface area contributed by atoms with Crippen molar-refractivity contribution in [1.29, 1.82) is 0 Å². The second-order valence-electron chi connectivity index (χ2n) is 4.10. The highest BCUT2D eigenvalue weighted by Gasteiger charge is 2.37. The predicted molar refractivity (Wildman–Crippen MR) is 50.7 cm³/mol. The van der Waals surface area contributed by atoms with Gasteiger partial charge >= 0.3 is 6.16 Å². The zero-order valence-corrected chi connectivity index (χ0v) is 8.55. The van der Waals surface area contributed by atoms with Gasteiger partial charge in [-0.3, -0.25) is 0 Å². The molecule has 0 aromatic carbocycles. The number of hydrogen-bond acceptors (Lipinski definition) is 4. The summed E-state index contributed by atoms with van der Waals surface area (Å²) >= 11 is 0. The Morgan fingerprint density at radius 2 is 1.73 bits per heavy atom. The zero-order chi connectivity index (χ0) is 10.7. The van der Waals surface area contributed by atoms with E-state index >= 15 is 0 Å². The van der Waals surface area contributed by atoms with Crippen LogP contribution in [0.2, 0.25) is 0 Å². The quantitative estimate of drug-likeness (QED) is 0.716. The minimum Gasteiger partial charge on any atom is -0.450 e. The molecule has 0 amide bonds. The Labute approximate surface area is 88.3 Å². The lowest BCUT2D eigenvalue weighted by Gasteiger charge is -2.25. The Hall–Kier alpha value is -0.810. The number of carboxylic acid groups (broad SMARTS) is 1. The Balaban J connectivity index is 1.97. The number of carbonyl (C=O) groups is 1. The van der Waals surface area contributed by atoms with E-state index < -0.39 is 6.16 Å². The molecule has 0 spiro atoms. The van der Waals surface area contributed by atoms with Gasteiger partial charge in [0.1, 0.15) is 6.10 Å². The fourth-order valence-electron chi connectivity index (χ4n) is 2.32. The first kappa shape index (κ1) is 10.7. The lowest BCUT2D eigenvalue weighted by atomic mass is 9.89. The van der Waals surface area contributed by atoms with E-state index in [1.807, 2.05) is 0 Å². The number of hydrogen-bond donors (Lipinski definition) is 1. The standard InChI is InChI=1S/C10H16O5/c11-10(12)15-9(7-1-3-13-5-7)8-2-4-14-6-8/h7-9H,1-6H2,(H,11,12). The molecule has 2 atom stereocenters. The summed E-state index contributed by atoms with van der Waals surface area (Å²) in [6.07, 6.45) is 0.314. The summed E-state index contributed by atoms with van der Waals surface area (Å²) in [4.78, 5) is 10.6. The van der Waals surface area contributed by atoms with Gasteiger partial charge in [0.05, 0.1) is 13.2 Å². The van der Waals surface area contributed by atoms with Gasteiger partial charge in [0.15, 0.2) is 0 Å². The van der Waals surface area contributed by atoms with Crippen LogP contribution in [0.3, 0.4) is 0 Å². The van der Waals surface area contributed by atoms with Crippen molar-refractivity contribution in [2.45, 2.75) is 18.9 Å². The molecule has 0 aromatic heterocycles. The molecule has 2 rings (SSSR count). The molecule has 5 nitrogen and oxygen atoms in total. The third-order valence-electron chi connectivity index (χ3n) is 3.10. The summed E-state index contributed by atoms with van der Waals surface area (Å²) < 4.78 is 15.5. The van der Waals surface area contributed by atoms with Crippen LogP contribution in [0.5, 0.6) is 0 Å². The van der Waals surface area contributed by atoms with E-state index in [9.17, 15) is 4.79 Å². The largest absolute Gasteiger partial charge is 0.506 e. The van der Waals surface area contributed by atoms with E-state index in [0.717, 1.165) is 12.8 Å². The van der Waals surface area contributed by atoms with Gasteiger partial charge in [-0.05, 0) is 12.8 Å². The van der Waals surface area contributed by atoms with Gasteiger partial charge in [0.25, 0.3) is 0 Å². The van der Waals surface area contributed by atoms with Gasteiger partial charge in [-0.25, -0.2) is 4.79 Å². The van der Waals surface area contributed by atoms with Gasteiger partial charge in [-0.15, -0.1) is 0 Å². The summed E-state index contributed by atoms with van der Waals surface area (Å²) in [5, 5.41) is 8.70. The predicted octanol–water partition coefficient (Wildman–Crippen LogP) is 1.12. The molecular formula is C10H16O5. The van der Waals surface area contributed by atoms with Crippen LogP contribution in [-0.4, -0.2) is 43.8 Å².